The van der Waals surface area contributed by atoms with E-state index in [2.05, 4.69) is 15.6 Å². The third-order valence-electron chi connectivity index (χ3n) is 4.85. The van der Waals surface area contributed by atoms with Crippen molar-refractivity contribution in [2.45, 2.75) is 25.6 Å². The fraction of sp³-hybridized carbons (Fsp3) is 0.350. The summed E-state index contributed by atoms with van der Waals surface area (Å²) in [4.78, 5) is 30.4. The molecule has 2 aromatic rings. The topological polar surface area (TPSA) is 83.6 Å². The Hall–Kier alpha value is -2.93. The van der Waals surface area contributed by atoms with E-state index in [9.17, 15) is 9.59 Å². The van der Waals surface area contributed by atoms with E-state index in [-0.39, 0.29) is 24.5 Å². The van der Waals surface area contributed by atoms with Crippen LogP contribution in [-0.2, 0) is 16.1 Å². The number of likely N-dealkylation sites (tertiary alicyclic amines) is 1. The molecule has 0 spiro atoms. The van der Waals surface area contributed by atoms with Gasteiger partial charge >= 0.3 is 0 Å². The van der Waals surface area contributed by atoms with Gasteiger partial charge in [0.2, 0.25) is 5.91 Å². The van der Waals surface area contributed by atoms with Crippen LogP contribution >= 0.6 is 0 Å². The summed E-state index contributed by atoms with van der Waals surface area (Å²) >= 11 is 0. The van der Waals surface area contributed by atoms with Crippen molar-refractivity contribution in [3.8, 4) is 0 Å². The quantitative estimate of drug-likeness (QED) is 0.867. The Morgan fingerprint density at radius 2 is 2.22 bits per heavy atom. The Morgan fingerprint density at radius 3 is 3.07 bits per heavy atom. The molecule has 2 amide bonds. The van der Waals surface area contributed by atoms with E-state index in [1.807, 2.05) is 23.1 Å². The van der Waals surface area contributed by atoms with Crippen molar-refractivity contribution in [2.24, 2.45) is 0 Å². The largest absolute Gasteiger partial charge is 0.374 e. The zero-order valence-corrected chi connectivity index (χ0v) is 15.0. The van der Waals surface area contributed by atoms with E-state index >= 15 is 0 Å². The summed E-state index contributed by atoms with van der Waals surface area (Å²) < 4.78 is 5.99. The molecule has 2 aliphatic heterocycles. The molecule has 27 heavy (non-hydrogen) atoms. The van der Waals surface area contributed by atoms with Crippen molar-refractivity contribution in [1.82, 2.24) is 9.88 Å². The second-order valence-corrected chi connectivity index (χ2v) is 6.85. The molecule has 1 atom stereocenters. The maximum atomic E-state index is 12.9. The van der Waals surface area contributed by atoms with Gasteiger partial charge in [0.25, 0.3) is 5.91 Å². The first-order valence-electron chi connectivity index (χ1n) is 9.16. The molecule has 0 aliphatic carbocycles. The number of rotatable bonds is 4. The first-order valence-corrected chi connectivity index (χ1v) is 9.16. The van der Waals surface area contributed by atoms with Crippen molar-refractivity contribution in [1.29, 1.82) is 0 Å². The van der Waals surface area contributed by atoms with Gasteiger partial charge in [0, 0.05) is 31.0 Å². The molecule has 1 unspecified atom stereocenters. The van der Waals surface area contributed by atoms with Crippen LogP contribution in [0, 0.1) is 0 Å². The molecule has 2 aliphatic rings. The number of benzene rings is 1. The van der Waals surface area contributed by atoms with Crippen LogP contribution in [0.3, 0.4) is 0 Å². The normalized spacial score (nSPS) is 19.0. The van der Waals surface area contributed by atoms with Gasteiger partial charge in [-0.25, -0.2) is 0 Å². The number of hydrogen-bond donors (Lipinski definition) is 2. The van der Waals surface area contributed by atoms with Crippen molar-refractivity contribution >= 4 is 23.2 Å². The maximum absolute atomic E-state index is 12.9. The summed E-state index contributed by atoms with van der Waals surface area (Å²) in [5.41, 5.74) is 3.09. The number of pyridine rings is 1. The van der Waals surface area contributed by atoms with E-state index < -0.39 is 0 Å². The predicted molar refractivity (Wildman–Crippen MR) is 102 cm³/mol. The first kappa shape index (κ1) is 17.5. The first-order chi connectivity index (χ1) is 13.2. The molecule has 0 bridgehead atoms. The molecule has 140 valence electrons. The highest BCUT2D eigenvalue weighted by Crippen LogP contribution is 2.27. The van der Waals surface area contributed by atoms with Crippen LogP contribution in [-0.4, -0.2) is 47.4 Å². The fourth-order valence-corrected chi connectivity index (χ4v) is 3.44. The smallest absolute Gasteiger partial charge is 0.254 e. The Balaban J connectivity index is 1.40. The maximum Gasteiger partial charge on any atom is 0.254 e. The van der Waals surface area contributed by atoms with Crippen molar-refractivity contribution < 1.29 is 14.3 Å². The molecule has 1 aromatic carbocycles. The summed E-state index contributed by atoms with van der Waals surface area (Å²) in [5, 5.41) is 5.84. The van der Waals surface area contributed by atoms with Crippen molar-refractivity contribution in [3.05, 3.63) is 53.9 Å². The zero-order chi connectivity index (χ0) is 18.6. The highest BCUT2D eigenvalue weighted by Gasteiger charge is 2.26. The van der Waals surface area contributed by atoms with Crippen LogP contribution < -0.4 is 10.6 Å². The van der Waals surface area contributed by atoms with Crippen LogP contribution in [0.25, 0.3) is 0 Å². The van der Waals surface area contributed by atoms with E-state index in [1.165, 1.54) is 0 Å². The van der Waals surface area contributed by atoms with Crippen LogP contribution in [0.15, 0.2) is 42.7 Å². The Labute approximate surface area is 157 Å². The average Bonchev–Trinajstić information content (AvgIpc) is 2.72. The van der Waals surface area contributed by atoms with E-state index in [0.717, 1.165) is 24.1 Å². The number of aromatic nitrogens is 1. The molecule has 1 fully saturated rings. The summed E-state index contributed by atoms with van der Waals surface area (Å²) in [5.74, 6) is -0.138. The highest BCUT2D eigenvalue weighted by molar-refractivity contribution is 6.03. The van der Waals surface area contributed by atoms with Gasteiger partial charge in [-0.1, -0.05) is 6.07 Å². The second-order valence-electron chi connectivity index (χ2n) is 6.85. The third kappa shape index (κ3) is 4.09. The summed E-state index contributed by atoms with van der Waals surface area (Å²) in [7, 11) is 0. The lowest BCUT2D eigenvalue weighted by molar-refractivity contribution is -0.114. The molecular formula is C20H22N4O3. The predicted octanol–water partition coefficient (Wildman–Crippen LogP) is 2.27. The van der Waals surface area contributed by atoms with E-state index in [0.29, 0.717) is 30.9 Å². The molecule has 0 saturated carbocycles. The van der Waals surface area contributed by atoms with Gasteiger partial charge in [0.15, 0.2) is 0 Å². The lowest BCUT2D eigenvalue weighted by Crippen LogP contribution is -2.43. The van der Waals surface area contributed by atoms with Gasteiger partial charge in [-0.3, -0.25) is 14.6 Å². The number of carbonyl (C=O) groups is 2. The number of piperidine rings is 1. The van der Waals surface area contributed by atoms with Crippen LogP contribution in [0.4, 0.5) is 11.4 Å². The standard InChI is InChI=1S/C20H22N4O3/c25-19-11-22-17-6-5-15(9-18(17)23-19)20(26)24-8-2-4-16(12-24)27-13-14-3-1-7-21-10-14/h1,3,5-7,9-10,16,22H,2,4,8,11-13H2,(H,23,25). The molecular weight excluding hydrogens is 344 g/mol. The highest BCUT2D eigenvalue weighted by atomic mass is 16.5. The average molecular weight is 366 g/mol. The number of nitrogens with one attached hydrogen (secondary N) is 2. The summed E-state index contributed by atoms with van der Waals surface area (Å²) in [6.07, 6.45) is 5.39. The van der Waals surface area contributed by atoms with E-state index in [4.69, 9.17) is 4.74 Å². The molecule has 0 radical (unpaired) electrons. The van der Waals surface area contributed by atoms with Gasteiger partial charge in [-0.05, 0) is 42.7 Å². The SMILES string of the molecule is O=C1CNc2ccc(C(=O)N3CCCC(OCc4cccnc4)C3)cc2N1. The Bertz CT molecular complexity index is 840. The number of amides is 2. The Kier molecular flexibility index (Phi) is 5.02. The molecule has 4 rings (SSSR count). The van der Waals surface area contributed by atoms with Crippen LogP contribution in [0.2, 0.25) is 0 Å². The second kappa shape index (κ2) is 7.75. The summed E-state index contributed by atoms with van der Waals surface area (Å²) in [6, 6.07) is 9.24. The number of fused-ring (bicyclic) bond motifs is 1. The minimum Gasteiger partial charge on any atom is -0.374 e. The summed E-state index contributed by atoms with van der Waals surface area (Å²) in [6.45, 7) is 2.04. The van der Waals surface area contributed by atoms with E-state index in [1.54, 1.807) is 24.5 Å². The van der Waals surface area contributed by atoms with Gasteiger partial charge in [0.05, 0.1) is 30.6 Å². The van der Waals surface area contributed by atoms with Crippen molar-refractivity contribution in [2.75, 3.05) is 30.3 Å². The number of ether oxygens (including phenoxy) is 1. The zero-order valence-electron chi connectivity index (χ0n) is 15.0. The van der Waals surface area contributed by atoms with Crippen LogP contribution in [0.5, 0.6) is 0 Å². The fourth-order valence-electron chi connectivity index (χ4n) is 3.44. The number of carbonyl (C=O) groups excluding carboxylic acids is 2. The van der Waals surface area contributed by atoms with Gasteiger partial charge in [-0.15, -0.1) is 0 Å². The van der Waals surface area contributed by atoms with Crippen molar-refractivity contribution in [3.63, 3.8) is 0 Å². The molecule has 3 heterocycles. The monoisotopic (exact) mass is 366 g/mol. The van der Waals surface area contributed by atoms with Gasteiger partial charge < -0.3 is 20.3 Å². The minimum atomic E-state index is -0.103. The number of anilines is 2. The molecule has 1 saturated heterocycles. The minimum absolute atomic E-state index is 0.0157. The Morgan fingerprint density at radius 1 is 1.30 bits per heavy atom. The lowest BCUT2D eigenvalue weighted by atomic mass is 10.1. The third-order valence-corrected chi connectivity index (χ3v) is 4.85. The molecule has 2 N–H and O–H groups in total. The lowest BCUT2D eigenvalue weighted by Gasteiger charge is -2.33. The molecule has 1 aromatic heterocycles. The van der Waals surface area contributed by atoms with Gasteiger partial charge in [0.1, 0.15) is 0 Å². The number of hydrogen-bond acceptors (Lipinski definition) is 5. The van der Waals surface area contributed by atoms with Gasteiger partial charge in [-0.2, -0.15) is 0 Å². The molecule has 7 heteroatoms. The molecule has 7 nitrogen and oxygen atoms in total. The number of nitrogens with zero attached hydrogens (tertiary/aromatic N) is 2. The van der Waals surface area contributed by atoms with Crippen LogP contribution in [0.1, 0.15) is 28.8 Å².